The Hall–Kier alpha value is -1.10. The first-order valence-corrected chi connectivity index (χ1v) is 5.37. The minimum absolute atomic E-state index is 0.248. The van der Waals surface area contributed by atoms with Crippen molar-refractivity contribution in [3.8, 4) is 0 Å². The molecule has 0 saturated heterocycles. The van der Waals surface area contributed by atoms with Gasteiger partial charge >= 0.3 is 11.9 Å². The Morgan fingerprint density at radius 3 is 2.38 bits per heavy atom. The number of rotatable bonds is 7. The highest BCUT2D eigenvalue weighted by atomic mass is 16.5. The number of carbonyl (C=O) groups is 2. The zero-order chi connectivity index (χ0) is 12.8. The van der Waals surface area contributed by atoms with E-state index in [1.54, 1.807) is 27.8 Å². The van der Waals surface area contributed by atoms with Gasteiger partial charge in [-0.1, -0.05) is 0 Å². The Kier molecular flexibility index (Phi) is 6.03. The number of aliphatic carboxylic acids is 1. The van der Waals surface area contributed by atoms with Gasteiger partial charge in [0.1, 0.15) is 0 Å². The van der Waals surface area contributed by atoms with Gasteiger partial charge in [0.05, 0.1) is 18.4 Å². The summed E-state index contributed by atoms with van der Waals surface area (Å²) in [6, 6.07) is 0. The van der Waals surface area contributed by atoms with Gasteiger partial charge in [0.15, 0.2) is 0 Å². The van der Waals surface area contributed by atoms with E-state index in [0.29, 0.717) is 26.1 Å². The molecule has 0 spiro atoms. The molecule has 5 nitrogen and oxygen atoms in total. The van der Waals surface area contributed by atoms with E-state index in [1.807, 2.05) is 4.90 Å². The van der Waals surface area contributed by atoms with Gasteiger partial charge in [0.25, 0.3) is 0 Å². The fraction of sp³-hybridized carbons (Fsp3) is 0.818. The summed E-state index contributed by atoms with van der Waals surface area (Å²) in [5.74, 6) is -1.09. The zero-order valence-electron chi connectivity index (χ0n) is 10.4. The van der Waals surface area contributed by atoms with Crippen LogP contribution in [0.15, 0.2) is 0 Å². The minimum Gasteiger partial charge on any atom is -0.481 e. The van der Waals surface area contributed by atoms with Crippen molar-refractivity contribution >= 4 is 11.9 Å². The van der Waals surface area contributed by atoms with Crippen molar-refractivity contribution in [2.45, 2.75) is 27.2 Å². The fourth-order valence-corrected chi connectivity index (χ4v) is 1.34. The van der Waals surface area contributed by atoms with E-state index in [1.165, 1.54) is 0 Å². The van der Waals surface area contributed by atoms with E-state index >= 15 is 0 Å². The largest absolute Gasteiger partial charge is 0.481 e. The Morgan fingerprint density at radius 2 is 1.94 bits per heavy atom. The highest BCUT2D eigenvalue weighted by molar-refractivity contribution is 5.74. The van der Waals surface area contributed by atoms with Crippen LogP contribution >= 0.6 is 0 Å². The number of hydrogen-bond acceptors (Lipinski definition) is 4. The molecule has 0 rings (SSSR count). The predicted octanol–water partition coefficient (Wildman–Crippen LogP) is 0.982. The summed E-state index contributed by atoms with van der Waals surface area (Å²) in [5, 5.41) is 8.93. The molecule has 0 aromatic carbocycles. The second-order valence-electron chi connectivity index (χ2n) is 4.48. The van der Waals surface area contributed by atoms with Crippen molar-refractivity contribution in [1.82, 2.24) is 4.90 Å². The lowest BCUT2D eigenvalue weighted by atomic mass is 9.93. The number of nitrogens with zero attached hydrogens (tertiary/aromatic N) is 1. The van der Waals surface area contributed by atoms with Crippen molar-refractivity contribution in [3.05, 3.63) is 0 Å². The zero-order valence-corrected chi connectivity index (χ0v) is 10.4. The first kappa shape index (κ1) is 14.9. The lowest BCUT2D eigenvalue weighted by Crippen LogP contribution is -2.38. The van der Waals surface area contributed by atoms with Crippen LogP contribution in [0.25, 0.3) is 0 Å². The third-order valence-electron chi connectivity index (χ3n) is 2.25. The lowest BCUT2D eigenvalue weighted by Gasteiger charge is -2.26. The molecule has 0 atom stereocenters. The van der Waals surface area contributed by atoms with Gasteiger partial charge in [-0.15, -0.1) is 0 Å². The molecule has 16 heavy (non-hydrogen) atoms. The molecule has 1 N–H and O–H groups in total. The number of hydrogen-bond donors (Lipinski definition) is 1. The molecule has 0 fully saturated rings. The highest BCUT2D eigenvalue weighted by Crippen LogP contribution is 2.16. The van der Waals surface area contributed by atoms with Crippen molar-refractivity contribution in [1.29, 1.82) is 0 Å². The molecule has 0 aliphatic carbocycles. The van der Waals surface area contributed by atoms with Gasteiger partial charge in [0.2, 0.25) is 0 Å². The van der Waals surface area contributed by atoms with Crippen LogP contribution in [0.4, 0.5) is 0 Å². The fourth-order valence-electron chi connectivity index (χ4n) is 1.34. The Morgan fingerprint density at radius 1 is 1.38 bits per heavy atom. The van der Waals surface area contributed by atoms with E-state index in [-0.39, 0.29) is 5.97 Å². The Labute approximate surface area is 96.4 Å². The number of carboxylic acid groups (broad SMARTS) is 1. The molecule has 94 valence electrons. The topological polar surface area (TPSA) is 66.8 Å². The first-order chi connectivity index (χ1) is 7.29. The summed E-state index contributed by atoms with van der Waals surface area (Å²) >= 11 is 0. The standard InChI is InChI=1S/C11H21NO4/c1-5-16-9(13)6-7-12(4)8-11(2,3)10(14)15/h5-8H2,1-4H3,(H,14,15). The van der Waals surface area contributed by atoms with Gasteiger partial charge in [0, 0.05) is 13.1 Å². The normalized spacial score (nSPS) is 11.6. The Bertz CT molecular complexity index is 250. The SMILES string of the molecule is CCOC(=O)CCN(C)CC(C)(C)C(=O)O. The van der Waals surface area contributed by atoms with Crippen LogP contribution in [-0.4, -0.2) is 48.7 Å². The minimum atomic E-state index is -0.838. The van der Waals surface area contributed by atoms with Gasteiger partial charge in [-0.25, -0.2) is 0 Å². The number of ether oxygens (including phenoxy) is 1. The van der Waals surface area contributed by atoms with Gasteiger partial charge in [-0.3, -0.25) is 9.59 Å². The van der Waals surface area contributed by atoms with Crippen molar-refractivity contribution in [2.24, 2.45) is 5.41 Å². The number of carboxylic acids is 1. The van der Waals surface area contributed by atoms with Gasteiger partial charge in [-0.2, -0.15) is 0 Å². The average Bonchev–Trinajstić information content (AvgIpc) is 2.14. The summed E-state index contributed by atoms with van der Waals surface area (Å²) in [6.07, 6.45) is 0.292. The van der Waals surface area contributed by atoms with E-state index in [9.17, 15) is 9.59 Å². The van der Waals surface area contributed by atoms with Crippen LogP contribution in [-0.2, 0) is 14.3 Å². The molecule has 0 aromatic rings. The first-order valence-electron chi connectivity index (χ1n) is 5.37. The summed E-state index contributed by atoms with van der Waals surface area (Å²) < 4.78 is 4.79. The molecular formula is C11H21NO4. The molecular weight excluding hydrogens is 210 g/mol. The third kappa shape index (κ3) is 5.70. The Balaban J connectivity index is 3.95. The second-order valence-corrected chi connectivity index (χ2v) is 4.48. The van der Waals surface area contributed by atoms with E-state index in [2.05, 4.69) is 0 Å². The van der Waals surface area contributed by atoms with Crippen molar-refractivity contribution in [2.75, 3.05) is 26.7 Å². The molecule has 0 unspecified atom stereocenters. The maximum Gasteiger partial charge on any atom is 0.310 e. The molecule has 5 heteroatoms. The van der Waals surface area contributed by atoms with Crippen LogP contribution in [0.1, 0.15) is 27.2 Å². The van der Waals surface area contributed by atoms with Crippen LogP contribution in [0.3, 0.4) is 0 Å². The number of esters is 1. The maximum absolute atomic E-state index is 11.1. The van der Waals surface area contributed by atoms with Gasteiger partial charge < -0.3 is 14.7 Å². The molecule has 0 bridgehead atoms. The molecule has 0 heterocycles. The van der Waals surface area contributed by atoms with Crippen LogP contribution in [0.2, 0.25) is 0 Å². The van der Waals surface area contributed by atoms with Gasteiger partial charge in [-0.05, 0) is 27.8 Å². The summed E-state index contributed by atoms with van der Waals surface area (Å²) in [4.78, 5) is 23.8. The molecule has 0 aliphatic heterocycles. The van der Waals surface area contributed by atoms with E-state index in [4.69, 9.17) is 9.84 Å². The quantitative estimate of drug-likeness (QED) is 0.662. The van der Waals surface area contributed by atoms with Crippen molar-refractivity contribution in [3.63, 3.8) is 0 Å². The summed E-state index contributed by atoms with van der Waals surface area (Å²) in [5.41, 5.74) is -0.802. The summed E-state index contributed by atoms with van der Waals surface area (Å²) in [6.45, 7) is 6.38. The smallest absolute Gasteiger partial charge is 0.310 e. The second kappa shape index (κ2) is 6.48. The van der Waals surface area contributed by atoms with E-state index in [0.717, 1.165) is 0 Å². The van der Waals surface area contributed by atoms with E-state index < -0.39 is 11.4 Å². The van der Waals surface area contributed by atoms with Crippen molar-refractivity contribution < 1.29 is 19.4 Å². The molecule has 0 radical (unpaired) electrons. The molecule has 0 aromatic heterocycles. The number of carbonyl (C=O) groups excluding carboxylic acids is 1. The lowest BCUT2D eigenvalue weighted by molar-refractivity contribution is -0.147. The monoisotopic (exact) mass is 231 g/mol. The van der Waals surface area contributed by atoms with Crippen LogP contribution in [0.5, 0.6) is 0 Å². The molecule has 0 amide bonds. The summed E-state index contributed by atoms with van der Waals surface area (Å²) in [7, 11) is 1.80. The average molecular weight is 231 g/mol. The maximum atomic E-state index is 11.1. The van der Waals surface area contributed by atoms with Crippen LogP contribution < -0.4 is 0 Å². The van der Waals surface area contributed by atoms with Crippen LogP contribution in [0, 0.1) is 5.41 Å². The predicted molar refractivity (Wildman–Crippen MR) is 60.2 cm³/mol. The molecule has 0 aliphatic rings. The molecule has 0 saturated carbocycles. The highest BCUT2D eigenvalue weighted by Gasteiger charge is 2.28. The third-order valence-corrected chi connectivity index (χ3v) is 2.25.